The van der Waals surface area contributed by atoms with Crippen molar-refractivity contribution in [2.45, 2.75) is 45.3 Å². The van der Waals surface area contributed by atoms with Gasteiger partial charge in [0, 0.05) is 19.4 Å². The summed E-state index contributed by atoms with van der Waals surface area (Å²) in [6.45, 7) is 4.80. The van der Waals surface area contributed by atoms with Gasteiger partial charge in [-0.15, -0.1) is 0 Å². The maximum absolute atomic E-state index is 12.2. The number of carbonyl (C=O) groups excluding carboxylic acids is 2. The molecular weight excluding hydrogens is 246 g/mol. The molecule has 0 radical (unpaired) electrons. The van der Waals surface area contributed by atoms with Crippen molar-refractivity contribution in [2.75, 3.05) is 13.1 Å². The van der Waals surface area contributed by atoms with Gasteiger partial charge in [-0.1, -0.05) is 13.8 Å². The average Bonchev–Trinajstić information content (AvgIpc) is 2.70. The number of aliphatic hydroxyl groups excluding tert-OH is 1. The molecule has 2 amide bonds. The number of β-amino-alcohol motifs (C(OH)–C–C–N with tert-alkyl or cyclic N) is 1. The number of nitrogens with two attached hydrogens (primary N) is 2. The zero-order valence-corrected chi connectivity index (χ0v) is 11.7. The summed E-state index contributed by atoms with van der Waals surface area (Å²) >= 11 is 0. The van der Waals surface area contributed by atoms with E-state index in [1.807, 2.05) is 0 Å². The molecule has 19 heavy (non-hydrogen) atoms. The summed E-state index contributed by atoms with van der Waals surface area (Å²) < 4.78 is 0. The van der Waals surface area contributed by atoms with Gasteiger partial charge in [-0.25, -0.2) is 0 Å². The molecule has 6 heteroatoms. The molecule has 0 aliphatic carbocycles. The first-order valence-corrected chi connectivity index (χ1v) is 6.82. The SMILES string of the molecule is CC(C)C[C@H](CN)CC(=O)N1CC(O)CC1C(N)=O. The van der Waals surface area contributed by atoms with Crippen molar-refractivity contribution in [1.82, 2.24) is 4.90 Å². The van der Waals surface area contributed by atoms with Crippen LogP contribution >= 0.6 is 0 Å². The maximum Gasteiger partial charge on any atom is 0.240 e. The van der Waals surface area contributed by atoms with E-state index in [1.165, 1.54) is 4.90 Å². The lowest BCUT2D eigenvalue weighted by Gasteiger charge is -2.25. The number of carbonyl (C=O) groups is 2. The minimum absolute atomic E-state index is 0.110. The van der Waals surface area contributed by atoms with Gasteiger partial charge in [0.25, 0.3) is 0 Å². The van der Waals surface area contributed by atoms with E-state index in [0.29, 0.717) is 18.9 Å². The van der Waals surface area contributed by atoms with Crippen LogP contribution in [0.25, 0.3) is 0 Å². The average molecular weight is 271 g/mol. The van der Waals surface area contributed by atoms with Crippen LogP contribution in [0.4, 0.5) is 0 Å². The first kappa shape index (κ1) is 15.9. The van der Waals surface area contributed by atoms with Crippen molar-refractivity contribution in [3.63, 3.8) is 0 Å². The molecule has 1 saturated heterocycles. The van der Waals surface area contributed by atoms with E-state index >= 15 is 0 Å². The summed E-state index contributed by atoms with van der Waals surface area (Å²) in [5.41, 5.74) is 10.9. The second-order valence-corrected chi connectivity index (χ2v) is 5.79. The predicted octanol–water partition coefficient (Wildman–Crippen LogP) is -0.555. The second-order valence-electron chi connectivity index (χ2n) is 5.79. The topological polar surface area (TPSA) is 110 Å². The lowest BCUT2D eigenvalue weighted by atomic mass is 9.93. The standard InChI is InChI=1S/C13H25N3O3/c1-8(2)3-9(6-14)4-12(18)16-7-10(17)5-11(16)13(15)19/h8-11,17H,3-7,14H2,1-2H3,(H2,15,19)/t9-,10?,11?/m0/s1. The van der Waals surface area contributed by atoms with Gasteiger partial charge in [0.15, 0.2) is 0 Å². The largest absolute Gasteiger partial charge is 0.391 e. The number of hydrogen-bond donors (Lipinski definition) is 3. The molecule has 1 aliphatic heterocycles. The van der Waals surface area contributed by atoms with Crippen molar-refractivity contribution < 1.29 is 14.7 Å². The van der Waals surface area contributed by atoms with Gasteiger partial charge in [0.2, 0.25) is 11.8 Å². The molecule has 5 N–H and O–H groups in total. The van der Waals surface area contributed by atoms with Crippen LogP contribution in [0.3, 0.4) is 0 Å². The van der Waals surface area contributed by atoms with E-state index in [9.17, 15) is 14.7 Å². The van der Waals surface area contributed by atoms with Gasteiger partial charge in [0.05, 0.1) is 6.10 Å². The Bertz CT molecular complexity index is 333. The fourth-order valence-corrected chi connectivity index (χ4v) is 2.65. The van der Waals surface area contributed by atoms with Crippen LogP contribution in [0.2, 0.25) is 0 Å². The summed E-state index contributed by atoms with van der Waals surface area (Å²) in [6.07, 6.45) is 0.756. The van der Waals surface area contributed by atoms with Crippen LogP contribution < -0.4 is 11.5 Å². The first-order chi connectivity index (χ1) is 8.85. The second kappa shape index (κ2) is 6.86. The smallest absolute Gasteiger partial charge is 0.240 e. The van der Waals surface area contributed by atoms with Crippen molar-refractivity contribution in [1.29, 1.82) is 0 Å². The number of rotatable bonds is 6. The molecule has 0 saturated carbocycles. The Hall–Kier alpha value is -1.14. The minimum Gasteiger partial charge on any atom is -0.391 e. The molecule has 0 bridgehead atoms. The fourth-order valence-electron chi connectivity index (χ4n) is 2.65. The van der Waals surface area contributed by atoms with Gasteiger partial charge >= 0.3 is 0 Å². The van der Waals surface area contributed by atoms with Crippen molar-refractivity contribution in [3.8, 4) is 0 Å². The molecule has 1 rings (SSSR count). The van der Waals surface area contributed by atoms with Gasteiger partial charge in [0.1, 0.15) is 6.04 Å². The summed E-state index contributed by atoms with van der Waals surface area (Å²) in [5.74, 6) is -0.120. The minimum atomic E-state index is -0.681. The normalized spacial score (nSPS) is 24.8. The molecule has 0 aromatic rings. The highest BCUT2D eigenvalue weighted by molar-refractivity contribution is 5.87. The summed E-state index contributed by atoms with van der Waals surface area (Å²) in [4.78, 5) is 24.9. The molecule has 1 aliphatic rings. The van der Waals surface area contributed by atoms with Gasteiger partial charge in [-0.05, 0) is 24.8 Å². The fraction of sp³-hybridized carbons (Fsp3) is 0.846. The lowest BCUT2D eigenvalue weighted by Crippen LogP contribution is -2.44. The van der Waals surface area contributed by atoms with Crippen molar-refractivity contribution in [2.24, 2.45) is 23.3 Å². The monoisotopic (exact) mass is 271 g/mol. The molecule has 0 spiro atoms. The van der Waals surface area contributed by atoms with Gasteiger partial charge in [-0.2, -0.15) is 0 Å². The molecule has 2 unspecified atom stereocenters. The summed E-state index contributed by atoms with van der Waals surface area (Å²) in [6, 6.07) is -0.681. The third-order valence-corrected chi connectivity index (χ3v) is 3.53. The zero-order chi connectivity index (χ0) is 14.6. The molecule has 6 nitrogen and oxygen atoms in total. The van der Waals surface area contributed by atoms with E-state index in [0.717, 1.165) is 6.42 Å². The molecular formula is C13H25N3O3. The lowest BCUT2D eigenvalue weighted by molar-refractivity contribution is -0.138. The Morgan fingerprint density at radius 2 is 2.05 bits per heavy atom. The molecule has 110 valence electrons. The van der Waals surface area contributed by atoms with Gasteiger partial charge < -0.3 is 21.5 Å². The number of hydrogen-bond acceptors (Lipinski definition) is 4. The number of primary amides is 1. The Balaban J connectivity index is 2.63. The molecule has 0 aromatic carbocycles. The number of nitrogens with zero attached hydrogens (tertiary/aromatic N) is 1. The Morgan fingerprint density at radius 3 is 2.53 bits per heavy atom. The molecule has 1 heterocycles. The van der Waals surface area contributed by atoms with E-state index in [4.69, 9.17) is 11.5 Å². The summed E-state index contributed by atoms with van der Waals surface area (Å²) in [5, 5.41) is 9.58. The maximum atomic E-state index is 12.2. The van der Waals surface area contributed by atoms with Crippen LogP contribution in [0, 0.1) is 11.8 Å². The van der Waals surface area contributed by atoms with E-state index in [2.05, 4.69) is 13.8 Å². The van der Waals surface area contributed by atoms with Crippen LogP contribution in [0.5, 0.6) is 0 Å². The van der Waals surface area contributed by atoms with Crippen LogP contribution in [-0.2, 0) is 9.59 Å². The summed E-state index contributed by atoms with van der Waals surface area (Å²) in [7, 11) is 0. The van der Waals surface area contributed by atoms with Crippen LogP contribution in [0.1, 0.15) is 33.1 Å². The number of amides is 2. The highest BCUT2D eigenvalue weighted by Crippen LogP contribution is 2.22. The zero-order valence-electron chi connectivity index (χ0n) is 11.7. The Morgan fingerprint density at radius 1 is 1.42 bits per heavy atom. The molecule has 0 aromatic heterocycles. The van der Waals surface area contributed by atoms with Crippen LogP contribution in [0.15, 0.2) is 0 Å². The first-order valence-electron chi connectivity index (χ1n) is 6.82. The Kier molecular flexibility index (Phi) is 5.75. The van der Waals surface area contributed by atoms with Gasteiger partial charge in [-0.3, -0.25) is 9.59 Å². The molecule has 3 atom stereocenters. The number of aliphatic hydroxyl groups is 1. The van der Waals surface area contributed by atoms with E-state index in [1.54, 1.807) is 0 Å². The third kappa shape index (κ3) is 4.47. The third-order valence-electron chi connectivity index (χ3n) is 3.53. The van der Waals surface area contributed by atoms with Crippen molar-refractivity contribution >= 4 is 11.8 Å². The highest BCUT2D eigenvalue weighted by Gasteiger charge is 2.38. The Labute approximate surface area is 114 Å². The molecule has 1 fully saturated rings. The van der Waals surface area contributed by atoms with E-state index in [-0.39, 0.29) is 24.8 Å². The predicted molar refractivity (Wildman–Crippen MR) is 71.9 cm³/mol. The van der Waals surface area contributed by atoms with Crippen LogP contribution in [-0.4, -0.2) is 47.1 Å². The van der Waals surface area contributed by atoms with Crippen molar-refractivity contribution in [3.05, 3.63) is 0 Å². The highest BCUT2D eigenvalue weighted by atomic mass is 16.3. The number of likely N-dealkylation sites (tertiary alicyclic amines) is 1. The quantitative estimate of drug-likeness (QED) is 0.601. The van der Waals surface area contributed by atoms with E-state index < -0.39 is 18.1 Å².